The maximum Gasteiger partial charge on any atom is 0.222 e. The molecule has 1 saturated carbocycles. The highest BCUT2D eigenvalue weighted by Crippen LogP contribution is 2.36. The average molecular weight is 470 g/mol. The quantitative estimate of drug-likeness (QED) is 0.573. The van der Waals surface area contributed by atoms with Crippen molar-refractivity contribution in [3.63, 3.8) is 0 Å². The van der Waals surface area contributed by atoms with Crippen LogP contribution in [0.25, 0.3) is 16.6 Å². The molecule has 2 heterocycles. The van der Waals surface area contributed by atoms with Crippen LogP contribution in [0.2, 0.25) is 5.02 Å². The fourth-order valence-electron chi connectivity index (χ4n) is 5.32. The minimum atomic E-state index is -0.242. The summed E-state index contributed by atoms with van der Waals surface area (Å²) in [6.07, 6.45) is 6.03. The molecule has 174 valence electrons. The van der Waals surface area contributed by atoms with E-state index in [1.54, 1.807) is 19.2 Å². The highest BCUT2D eigenvalue weighted by molar-refractivity contribution is 6.32. The lowest BCUT2D eigenvalue weighted by Crippen LogP contribution is -2.35. The molecule has 2 aliphatic rings. The van der Waals surface area contributed by atoms with E-state index in [-0.39, 0.29) is 17.6 Å². The summed E-state index contributed by atoms with van der Waals surface area (Å²) >= 11 is 6.66. The minimum Gasteiger partial charge on any atom is -0.490 e. The van der Waals surface area contributed by atoms with Gasteiger partial charge in [-0.05, 0) is 68.0 Å². The summed E-state index contributed by atoms with van der Waals surface area (Å²) in [5, 5.41) is 4.24. The zero-order valence-electron chi connectivity index (χ0n) is 18.8. The first kappa shape index (κ1) is 22.2. The Labute approximate surface area is 198 Å². The van der Waals surface area contributed by atoms with E-state index in [2.05, 4.69) is 16.3 Å². The molecule has 1 amide bonds. The van der Waals surface area contributed by atoms with Crippen LogP contribution in [0.4, 0.5) is 4.39 Å². The van der Waals surface area contributed by atoms with E-state index < -0.39 is 0 Å². The van der Waals surface area contributed by atoms with Gasteiger partial charge in [0.05, 0.1) is 10.5 Å². The maximum atomic E-state index is 13.6. The van der Waals surface area contributed by atoms with Crippen molar-refractivity contribution in [2.45, 2.75) is 32.2 Å². The lowest BCUT2D eigenvalue weighted by molar-refractivity contribution is -0.125. The molecule has 3 aromatic rings. The second-order valence-electron chi connectivity index (χ2n) is 9.22. The van der Waals surface area contributed by atoms with Crippen molar-refractivity contribution in [1.82, 2.24) is 14.8 Å². The number of ether oxygens (including phenoxy) is 1. The molecular formula is C26H29ClFN3O2. The zero-order chi connectivity index (χ0) is 22.9. The molecular weight excluding hydrogens is 441 g/mol. The molecule has 0 saturated heterocycles. The van der Waals surface area contributed by atoms with Crippen LogP contribution in [0.1, 0.15) is 31.2 Å². The minimum absolute atomic E-state index is 0.158. The van der Waals surface area contributed by atoms with Crippen molar-refractivity contribution < 1.29 is 13.9 Å². The lowest BCUT2D eigenvalue weighted by Gasteiger charge is -2.31. The van der Waals surface area contributed by atoms with E-state index in [1.807, 2.05) is 22.9 Å². The molecule has 33 heavy (non-hydrogen) atoms. The molecule has 1 N–H and O–H groups in total. The van der Waals surface area contributed by atoms with Gasteiger partial charge in [-0.25, -0.2) is 4.39 Å². The number of hydrogen-bond donors (Lipinski definition) is 1. The van der Waals surface area contributed by atoms with Gasteiger partial charge in [-0.15, -0.1) is 0 Å². The van der Waals surface area contributed by atoms with Crippen molar-refractivity contribution in [2.24, 2.45) is 11.8 Å². The van der Waals surface area contributed by atoms with Crippen LogP contribution in [-0.4, -0.2) is 42.1 Å². The summed E-state index contributed by atoms with van der Waals surface area (Å²) in [4.78, 5) is 14.4. The Bertz CT molecular complexity index is 1170. The molecule has 5 nitrogen and oxygen atoms in total. The smallest absolute Gasteiger partial charge is 0.222 e. The standard InChI is InChI=1S/C26H29ClFN3O2/c1-29-26(32)18-4-2-17(3-5-18)15-30-10-11-33-25-20(16-30)13-22(14-23(25)27)31-9-8-19-12-21(28)6-7-24(19)31/h6-9,12-14,17-18H,2-5,10-11,15-16H2,1H3,(H,29,32)/t17-,18+. The molecule has 1 aliphatic heterocycles. The van der Waals surface area contributed by atoms with Gasteiger partial charge in [0.25, 0.3) is 0 Å². The number of nitrogens with one attached hydrogen (secondary N) is 1. The second kappa shape index (κ2) is 9.35. The van der Waals surface area contributed by atoms with E-state index in [4.69, 9.17) is 16.3 Å². The fraction of sp³-hybridized carbons (Fsp3) is 0.423. The second-order valence-corrected chi connectivity index (χ2v) is 9.63. The molecule has 7 heteroatoms. The van der Waals surface area contributed by atoms with Crippen molar-refractivity contribution in [1.29, 1.82) is 0 Å². The van der Waals surface area contributed by atoms with Gasteiger partial charge in [0.1, 0.15) is 18.2 Å². The van der Waals surface area contributed by atoms with Gasteiger partial charge in [0.2, 0.25) is 5.91 Å². The first-order valence-electron chi connectivity index (χ1n) is 11.7. The van der Waals surface area contributed by atoms with Gasteiger partial charge < -0.3 is 14.6 Å². The Kier molecular flexibility index (Phi) is 6.30. The average Bonchev–Trinajstić information content (AvgIpc) is 3.12. The number of carbonyl (C=O) groups is 1. The molecule has 1 fully saturated rings. The summed E-state index contributed by atoms with van der Waals surface area (Å²) in [5.74, 6) is 1.44. The zero-order valence-corrected chi connectivity index (χ0v) is 19.6. The topological polar surface area (TPSA) is 46.5 Å². The first-order valence-corrected chi connectivity index (χ1v) is 12.1. The number of rotatable bonds is 4. The highest BCUT2D eigenvalue weighted by Gasteiger charge is 2.28. The number of nitrogens with zero attached hydrogens (tertiary/aromatic N) is 2. The predicted molar refractivity (Wildman–Crippen MR) is 129 cm³/mol. The van der Waals surface area contributed by atoms with Crippen molar-refractivity contribution in [3.8, 4) is 11.4 Å². The molecule has 0 unspecified atom stereocenters. The van der Waals surface area contributed by atoms with Crippen LogP contribution in [0.5, 0.6) is 5.75 Å². The first-order chi connectivity index (χ1) is 16.0. The lowest BCUT2D eigenvalue weighted by atomic mass is 9.81. The number of fused-ring (bicyclic) bond motifs is 2. The summed E-state index contributed by atoms with van der Waals surface area (Å²) in [6.45, 7) is 3.22. The van der Waals surface area contributed by atoms with Gasteiger partial charge >= 0.3 is 0 Å². The van der Waals surface area contributed by atoms with Gasteiger partial charge in [-0.3, -0.25) is 9.69 Å². The van der Waals surface area contributed by atoms with Crippen molar-refractivity contribution >= 4 is 28.4 Å². The molecule has 0 bridgehead atoms. The third kappa shape index (κ3) is 4.59. The van der Waals surface area contributed by atoms with Gasteiger partial charge in [0.15, 0.2) is 0 Å². The van der Waals surface area contributed by atoms with E-state index in [0.717, 1.165) is 73.2 Å². The molecule has 2 aromatic carbocycles. The summed E-state index contributed by atoms with van der Waals surface area (Å²) in [7, 11) is 1.72. The number of benzene rings is 2. The fourth-order valence-corrected chi connectivity index (χ4v) is 5.61. The Balaban J connectivity index is 1.35. The van der Waals surface area contributed by atoms with Crippen LogP contribution in [0.3, 0.4) is 0 Å². The van der Waals surface area contributed by atoms with E-state index >= 15 is 0 Å². The number of halogens is 2. The van der Waals surface area contributed by atoms with Gasteiger partial charge in [-0.2, -0.15) is 0 Å². The summed E-state index contributed by atoms with van der Waals surface area (Å²) < 4.78 is 21.7. The number of amides is 1. The third-order valence-electron chi connectivity index (χ3n) is 7.06. The summed E-state index contributed by atoms with van der Waals surface area (Å²) in [5.41, 5.74) is 2.95. The normalized spacial score (nSPS) is 21.3. The summed E-state index contributed by atoms with van der Waals surface area (Å²) in [6, 6.07) is 10.8. The van der Waals surface area contributed by atoms with Gasteiger partial charge in [-0.1, -0.05) is 11.6 Å². The van der Waals surface area contributed by atoms with E-state index in [1.165, 1.54) is 6.07 Å². The molecule has 1 aliphatic carbocycles. The highest BCUT2D eigenvalue weighted by atomic mass is 35.5. The Morgan fingerprint density at radius 2 is 2.00 bits per heavy atom. The number of aromatic nitrogens is 1. The van der Waals surface area contributed by atoms with Crippen LogP contribution in [0, 0.1) is 17.7 Å². The predicted octanol–water partition coefficient (Wildman–Crippen LogP) is 5.17. The SMILES string of the molecule is CNC(=O)[C@H]1CC[C@@H](CN2CCOc3c(Cl)cc(-n4ccc5cc(F)ccc54)cc3C2)CC1. The Morgan fingerprint density at radius 1 is 1.18 bits per heavy atom. The maximum absolute atomic E-state index is 13.6. The van der Waals surface area contributed by atoms with Crippen LogP contribution in [-0.2, 0) is 11.3 Å². The van der Waals surface area contributed by atoms with Crippen LogP contribution >= 0.6 is 11.6 Å². The molecule has 5 rings (SSSR count). The van der Waals surface area contributed by atoms with Crippen LogP contribution in [0.15, 0.2) is 42.6 Å². The molecule has 0 spiro atoms. The third-order valence-corrected chi connectivity index (χ3v) is 7.34. The Morgan fingerprint density at radius 3 is 2.79 bits per heavy atom. The molecule has 0 atom stereocenters. The monoisotopic (exact) mass is 469 g/mol. The number of hydrogen-bond acceptors (Lipinski definition) is 3. The van der Waals surface area contributed by atoms with Crippen molar-refractivity contribution in [3.05, 3.63) is 59.0 Å². The van der Waals surface area contributed by atoms with Crippen LogP contribution < -0.4 is 10.1 Å². The number of carbonyl (C=O) groups excluding carboxylic acids is 1. The van der Waals surface area contributed by atoms with Gasteiger partial charge in [0, 0.05) is 55.4 Å². The Hall–Kier alpha value is -2.57. The molecule has 0 radical (unpaired) electrons. The van der Waals surface area contributed by atoms with E-state index in [9.17, 15) is 9.18 Å². The largest absolute Gasteiger partial charge is 0.490 e. The van der Waals surface area contributed by atoms with E-state index in [0.29, 0.717) is 17.5 Å². The molecule has 1 aromatic heterocycles. The van der Waals surface area contributed by atoms with Crippen molar-refractivity contribution in [2.75, 3.05) is 26.7 Å².